The van der Waals surface area contributed by atoms with E-state index in [1.807, 2.05) is 20.8 Å². The predicted octanol–water partition coefficient (Wildman–Crippen LogP) is 2.77. The van der Waals surface area contributed by atoms with Crippen molar-refractivity contribution in [3.05, 3.63) is 28.3 Å². The number of nitrogens with one attached hydrogen (secondary N) is 2. The molecule has 1 unspecified atom stereocenters. The SMILES string of the molecule is CCC(Oc1cc(C)c(Cl)c(C)c1)C(=O)NC(C)(C)C(=O)NCCOC. The molecule has 0 bridgehead atoms. The minimum Gasteiger partial charge on any atom is -0.481 e. The molecule has 0 aliphatic carbocycles. The Bertz CT molecular complexity index is 623. The molecule has 1 rings (SSSR count). The molecule has 0 saturated heterocycles. The number of hydrogen-bond acceptors (Lipinski definition) is 4. The summed E-state index contributed by atoms with van der Waals surface area (Å²) >= 11 is 6.17. The second-order valence-electron chi connectivity index (χ2n) is 6.75. The standard InChI is InChI=1S/C19H29ClN2O4/c1-7-15(26-14-10-12(2)16(20)13(3)11-14)17(23)22-19(4,5)18(24)21-8-9-25-6/h10-11,15H,7-9H2,1-6H3,(H,21,24)(H,22,23). The summed E-state index contributed by atoms with van der Waals surface area (Å²) in [6.07, 6.45) is -0.241. The van der Waals surface area contributed by atoms with Crippen molar-refractivity contribution in [1.82, 2.24) is 10.6 Å². The lowest BCUT2D eigenvalue weighted by Crippen LogP contribution is -2.57. The Kier molecular flexibility index (Phi) is 8.37. The number of methoxy groups -OCH3 is 1. The molecule has 0 saturated carbocycles. The van der Waals surface area contributed by atoms with Crippen LogP contribution in [0.15, 0.2) is 12.1 Å². The van der Waals surface area contributed by atoms with Crippen LogP contribution in [-0.2, 0) is 14.3 Å². The van der Waals surface area contributed by atoms with Crippen LogP contribution < -0.4 is 15.4 Å². The van der Waals surface area contributed by atoms with Gasteiger partial charge in [-0.05, 0) is 57.4 Å². The van der Waals surface area contributed by atoms with E-state index in [0.717, 1.165) is 11.1 Å². The van der Waals surface area contributed by atoms with Crippen LogP contribution in [0.4, 0.5) is 0 Å². The summed E-state index contributed by atoms with van der Waals surface area (Å²) in [6.45, 7) is 9.71. The smallest absolute Gasteiger partial charge is 0.261 e. The highest BCUT2D eigenvalue weighted by molar-refractivity contribution is 6.32. The molecule has 6 nitrogen and oxygen atoms in total. The fraction of sp³-hybridized carbons (Fsp3) is 0.579. The number of carbonyl (C=O) groups excluding carboxylic acids is 2. The molecule has 2 amide bonds. The second kappa shape index (κ2) is 9.78. The monoisotopic (exact) mass is 384 g/mol. The molecule has 0 spiro atoms. The molecule has 0 aliphatic heterocycles. The van der Waals surface area contributed by atoms with Crippen molar-refractivity contribution in [2.75, 3.05) is 20.3 Å². The first-order valence-electron chi connectivity index (χ1n) is 8.65. The molecule has 1 aromatic rings. The third kappa shape index (κ3) is 6.18. The summed E-state index contributed by atoms with van der Waals surface area (Å²) in [5.74, 6) is -0.0469. The van der Waals surface area contributed by atoms with Crippen LogP contribution in [0.3, 0.4) is 0 Å². The van der Waals surface area contributed by atoms with Crippen LogP contribution >= 0.6 is 11.6 Å². The van der Waals surface area contributed by atoms with Crippen molar-refractivity contribution in [1.29, 1.82) is 0 Å². The molecule has 0 radical (unpaired) electrons. The highest BCUT2D eigenvalue weighted by Gasteiger charge is 2.32. The van der Waals surface area contributed by atoms with E-state index in [9.17, 15) is 9.59 Å². The third-order valence-corrected chi connectivity index (χ3v) is 4.54. The Balaban J connectivity index is 2.78. The van der Waals surface area contributed by atoms with E-state index < -0.39 is 11.6 Å². The van der Waals surface area contributed by atoms with Gasteiger partial charge >= 0.3 is 0 Å². The average molecular weight is 385 g/mol. The van der Waals surface area contributed by atoms with Gasteiger partial charge in [-0.3, -0.25) is 9.59 Å². The number of rotatable bonds is 9. The minimum absolute atomic E-state index is 0.282. The molecule has 146 valence electrons. The zero-order chi connectivity index (χ0) is 19.9. The quantitative estimate of drug-likeness (QED) is 0.642. The number of hydrogen-bond donors (Lipinski definition) is 2. The molecule has 1 atom stereocenters. The van der Waals surface area contributed by atoms with Crippen molar-refractivity contribution < 1.29 is 19.1 Å². The lowest BCUT2D eigenvalue weighted by atomic mass is 10.0. The van der Waals surface area contributed by atoms with E-state index in [4.69, 9.17) is 21.1 Å². The van der Waals surface area contributed by atoms with Gasteiger partial charge in [0.1, 0.15) is 11.3 Å². The highest BCUT2D eigenvalue weighted by Crippen LogP contribution is 2.26. The highest BCUT2D eigenvalue weighted by atomic mass is 35.5. The Hall–Kier alpha value is -1.79. The van der Waals surface area contributed by atoms with Gasteiger partial charge in [0, 0.05) is 18.7 Å². The maximum Gasteiger partial charge on any atom is 0.261 e. The first-order chi connectivity index (χ1) is 12.1. The third-order valence-electron chi connectivity index (χ3n) is 3.95. The summed E-state index contributed by atoms with van der Waals surface area (Å²) in [4.78, 5) is 24.8. The van der Waals surface area contributed by atoms with E-state index in [0.29, 0.717) is 30.3 Å². The van der Waals surface area contributed by atoms with Gasteiger partial charge in [0.15, 0.2) is 6.10 Å². The molecule has 0 aromatic heterocycles. The molecule has 1 aromatic carbocycles. The van der Waals surface area contributed by atoms with Gasteiger partial charge in [-0.15, -0.1) is 0 Å². The van der Waals surface area contributed by atoms with Gasteiger partial charge < -0.3 is 20.1 Å². The van der Waals surface area contributed by atoms with Crippen molar-refractivity contribution in [3.63, 3.8) is 0 Å². The first kappa shape index (κ1) is 22.3. The Morgan fingerprint density at radius 1 is 1.23 bits per heavy atom. The number of carbonyl (C=O) groups is 2. The Morgan fingerprint density at radius 3 is 2.31 bits per heavy atom. The molecular weight excluding hydrogens is 356 g/mol. The van der Waals surface area contributed by atoms with Gasteiger partial charge in [0.2, 0.25) is 5.91 Å². The molecule has 0 aliphatic rings. The van der Waals surface area contributed by atoms with Crippen molar-refractivity contribution in [2.24, 2.45) is 0 Å². The van der Waals surface area contributed by atoms with Crippen LogP contribution in [0.5, 0.6) is 5.75 Å². The van der Waals surface area contributed by atoms with Gasteiger partial charge in [0.25, 0.3) is 5.91 Å². The van der Waals surface area contributed by atoms with Gasteiger partial charge in [-0.1, -0.05) is 18.5 Å². The lowest BCUT2D eigenvalue weighted by Gasteiger charge is -2.28. The second-order valence-corrected chi connectivity index (χ2v) is 7.13. The van der Waals surface area contributed by atoms with Crippen LogP contribution in [0, 0.1) is 13.8 Å². The fourth-order valence-corrected chi connectivity index (χ4v) is 2.50. The maximum absolute atomic E-state index is 12.6. The van der Waals surface area contributed by atoms with Crippen LogP contribution in [-0.4, -0.2) is 43.7 Å². The molecule has 0 fully saturated rings. The number of amides is 2. The van der Waals surface area contributed by atoms with Gasteiger partial charge in [-0.25, -0.2) is 0 Å². The Labute approximate surface area is 160 Å². The number of halogens is 1. The number of ether oxygens (including phenoxy) is 2. The molecular formula is C19H29ClN2O4. The van der Waals surface area contributed by atoms with E-state index in [1.54, 1.807) is 33.1 Å². The van der Waals surface area contributed by atoms with Crippen molar-refractivity contribution in [3.8, 4) is 5.75 Å². The maximum atomic E-state index is 12.6. The van der Waals surface area contributed by atoms with Crippen molar-refractivity contribution >= 4 is 23.4 Å². The van der Waals surface area contributed by atoms with Crippen molar-refractivity contribution in [2.45, 2.75) is 52.7 Å². The van der Waals surface area contributed by atoms with E-state index in [1.165, 1.54) is 0 Å². The molecule has 2 N–H and O–H groups in total. The topological polar surface area (TPSA) is 76.7 Å². The lowest BCUT2D eigenvalue weighted by molar-refractivity contribution is -0.136. The van der Waals surface area contributed by atoms with E-state index >= 15 is 0 Å². The number of aryl methyl sites for hydroxylation is 2. The summed E-state index contributed by atoms with van der Waals surface area (Å²) in [6, 6.07) is 3.60. The number of benzene rings is 1. The van der Waals surface area contributed by atoms with E-state index in [-0.39, 0.29) is 11.8 Å². The van der Waals surface area contributed by atoms with Crippen LogP contribution in [0.2, 0.25) is 5.02 Å². The molecule has 26 heavy (non-hydrogen) atoms. The first-order valence-corrected chi connectivity index (χ1v) is 9.02. The fourth-order valence-electron chi connectivity index (χ4n) is 2.39. The normalized spacial score (nSPS) is 12.4. The predicted molar refractivity (Wildman–Crippen MR) is 103 cm³/mol. The summed E-state index contributed by atoms with van der Waals surface area (Å²) in [5, 5.41) is 6.16. The zero-order valence-corrected chi connectivity index (χ0v) is 17.1. The molecule has 7 heteroatoms. The zero-order valence-electron chi connectivity index (χ0n) is 16.4. The largest absolute Gasteiger partial charge is 0.481 e. The Morgan fingerprint density at radius 2 is 1.81 bits per heavy atom. The van der Waals surface area contributed by atoms with Gasteiger partial charge in [0.05, 0.1) is 6.61 Å². The average Bonchev–Trinajstić information content (AvgIpc) is 2.56. The summed E-state index contributed by atoms with van der Waals surface area (Å²) in [5.41, 5.74) is 0.706. The summed E-state index contributed by atoms with van der Waals surface area (Å²) < 4.78 is 10.7. The summed E-state index contributed by atoms with van der Waals surface area (Å²) in [7, 11) is 1.56. The van der Waals surface area contributed by atoms with E-state index in [2.05, 4.69) is 10.6 Å². The van der Waals surface area contributed by atoms with Gasteiger partial charge in [-0.2, -0.15) is 0 Å². The van der Waals surface area contributed by atoms with Crippen LogP contribution in [0.1, 0.15) is 38.3 Å². The minimum atomic E-state index is -1.06. The van der Waals surface area contributed by atoms with Crippen LogP contribution in [0.25, 0.3) is 0 Å². The molecule has 0 heterocycles.